The number of fused-ring (bicyclic) bond motifs is 3. The van der Waals surface area contributed by atoms with Crippen LogP contribution in [0.2, 0.25) is 0 Å². The Hall–Kier alpha value is -1.90. The molecule has 4 rings (SSSR count). The molecular weight excluding hydrogens is 280 g/mol. The van der Waals surface area contributed by atoms with E-state index in [9.17, 15) is 0 Å². The van der Waals surface area contributed by atoms with E-state index >= 15 is 0 Å². The Labute approximate surface area is 138 Å². The summed E-state index contributed by atoms with van der Waals surface area (Å²) in [5, 5.41) is 8.99. The van der Waals surface area contributed by atoms with Crippen molar-refractivity contribution in [3.05, 3.63) is 60.2 Å². The largest absolute Gasteiger partial charge is 0.314 e. The van der Waals surface area contributed by atoms with Crippen LogP contribution in [0, 0.1) is 0 Å². The first-order chi connectivity index (χ1) is 11.4. The van der Waals surface area contributed by atoms with Crippen molar-refractivity contribution in [2.75, 3.05) is 26.2 Å². The van der Waals surface area contributed by atoms with E-state index in [1.54, 1.807) is 0 Å². The number of nitrogens with one attached hydrogen (secondary N) is 1. The first-order valence-electron chi connectivity index (χ1n) is 8.73. The normalized spacial score (nSPS) is 17.6. The molecule has 1 fully saturated rings. The second-order valence-electron chi connectivity index (χ2n) is 6.44. The summed E-state index contributed by atoms with van der Waals surface area (Å²) < 4.78 is 0. The fraction of sp³-hybridized carbons (Fsp3) is 0.333. The molecule has 1 aliphatic heterocycles. The predicted octanol–water partition coefficient (Wildman–Crippen LogP) is 4.35. The second kappa shape index (κ2) is 6.31. The van der Waals surface area contributed by atoms with E-state index < -0.39 is 0 Å². The van der Waals surface area contributed by atoms with Crippen molar-refractivity contribution in [3.8, 4) is 0 Å². The Morgan fingerprint density at radius 3 is 2.30 bits per heavy atom. The third-order valence-corrected chi connectivity index (χ3v) is 5.14. The van der Waals surface area contributed by atoms with Crippen molar-refractivity contribution in [2.24, 2.45) is 0 Å². The molecular formula is C21H24N2. The van der Waals surface area contributed by atoms with Crippen molar-refractivity contribution in [1.29, 1.82) is 0 Å². The van der Waals surface area contributed by atoms with Crippen molar-refractivity contribution < 1.29 is 0 Å². The Kier molecular flexibility index (Phi) is 4.02. The number of nitrogens with zero attached hydrogens (tertiary/aromatic N) is 1. The number of hydrogen-bond donors (Lipinski definition) is 1. The van der Waals surface area contributed by atoms with Crippen LogP contribution < -0.4 is 5.32 Å². The molecule has 0 saturated carbocycles. The van der Waals surface area contributed by atoms with E-state index in [2.05, 4.69) is 71.7 Å². The van der Waals surface area contributed by atoms with E-state index in [0.717, 1.165) is 32.6 Å². The van der Waals surface area contributed by atoms with Crippen LogP contribution in [0.5, 0.6) is 0 Å². The third kappa shape index (κ3) is 2.62. The average Bonchev–Trinajstić information content (AvgIpc) is 2.63. The van der Waals surface area contributed by atoms with Gasteiger partial charge in [-0.25, -0.2) is 0 Å². The fourth-order valence-corrected chi connectivity index (χ4v) is 4.03. The maximum Gasteiger partial charge on any atom is 0.0352 e. The fourth-order valence-electron chi connectivity index (χ4n) is 4.03. The number of piperazine rings is 1. The lowest BCUT2D eigenvalue weighted by atomic mass is 9.91. The van der Waals surface area contributed by atoms with Gasteiger partial charge in [-0.2, -0.15) is 0 Å². The van der Waals surface area contributed by atoms with Gasteiger partial charge in [0.25, 0.3) is 0 Å². The molecule has 1 aliphatic rings. The molecule has 0 aromatic heterocycles. The highest BCUT2D eigenvalue weighted by Crippen LogP contribution is 2.35. The molecule has 2 nitrogen and oxygen atoms in total. The average molecular weight is 304 g/mol. The minimum absolute atomic E-state index is 0.506. The summed E-state index contributed by atoms with van der Waals surface area (Å²) in [4.78, 5) is 2.65. The zero-order valence-electron chi connectivity index (χ0n) is 13.8. The topological polar surface area (TPSA) is 15.3 Å². The number of hydrogen-bond acceptors (Lipinski definition) is 2. The second-order valence-corrected chi connectivity index (χ2v) is 6.44. The van der Waals surface area contributed by atoms with Crippen molar-refractivity contribution >= 4 is 21.5 Å². The summed E-state index contributed by atoms with van der Waals surface area (Å²) in [6, 6.07) is 20.6. The standard InChI is InChI=1S/C21H24N2/c1-2-21(23-13-11-22-12-14-23)20-15-16-7-3-4-8-17(16)18-9-5-6-10-19(18)20/h3-10,15,21-22H,2,11-14H2,1H3/t21-/m1/s1. The molecule has 0 spiro atoms. The SMILES string of the molecule is CC[C@H](c1cc2ccccc2c2ccccc12)N1CCNCC1. The number of rotatable bonds is 3. The summed E-state index contributed by atoms with van der Waals surface area (Å²) in [5.74, 6) is 0. The molecule has 0 aliphatic carbocycles. The molecule has 3 aromatic carbocycles. The first kappa shape index (κ1) is 14.7. The molecule has 1 saturated heterocycles. The summed E-state index contributed by atoms with van der Waals surface area (Å²) in [5.41, 5.74) is 1.49. The van der Waals surface area contributed by atoms with E-state index in [1.165, 1.54) is 27.1 Å². The molecule has 118 valence electrons. The molecule has 1 heterocycles. The highest BCUT2D eigenvalue weighted by atomic mass is 15.2. The minimum Gasteiger partial charge on any atom is -0.314 e. The molecule has 2 heteroatoms. The van der Waals surface area contributed by atoms with Gasteiger partial charge in [-0.15, -0.1) is 0 Å². The zero-order valence-corrected chi connectivity index (χ0v) is 13.8. The van der Waals surface area contributed by atoms with Gasteiger partial charge in [-0.1, -0.05) is 55.5 Å². The lowest BCUT2D eigenvalue weighted by Crippen LogP contribution is -2.45. The van der Waals surface area contributed by atoms with Gasteiger partial charge in [0.05, 0.1) is 0 Å². The molecule has 0 unspecified atom stereocenters. The molecule has 23 heavy (non-hydrogen) atoms. The van der Waals surface area contributed by atoms with Crippen LogP contribution in [0.4, 0.5) is 0 Å². The van der Waals surface area contributed by atoms with Crippen molar-refractivity contribution in [2.45, 2.75) is 19.4 Å². The van der Waals surface area contributed by atoms with Gasteiger partial charge in [0.15, 0.2) is 0 Å². The molecule has 1 N–H and O–H groups in total. The summed E-state index contributed by atoms with van der Waals surface area (Å²) >= 11 is 0. The Morgan fingerprint density at radius 2 is 1.57 bits per heavy atom. The maximum atomic E-state index is 3.47. The quantitative estimate of drug-likeness (QED) is 0.724. The van der Waals surface area contributed by atoms with Gasteiger partial charge in [0.2, 0.25) is 0 Å². The molecule has 0 radical (unpaired) electrons. The zero-order chi connectivity index (χ0) is 15.6. The van der Waals surface area contributed by atoms with E-state index in [1.807, 2.05) is 0 Å². The minimum atomic E-state index is 0.506. The lowest BCUT2D eigenvalue weighted by Gasteiger charge is -2.35. The predicted molar refractivity (Wildman–Crippen MR) is 98.9 cm³/mol. The summed E-state index contributed by atoms with van der Waals surface area (Å²) in [7, 11) is 0. The monoisotopic (exact) mass is 304 g/mol. The van der Waals surface area contributed by atoms with E-state index in [4.69, 9.17) is 0 Å². The lowest BCUT2D eigenvalue weighted by molar-refractivity contribution is 0.170. The molecule has 1 atom stereocenters. The van der Waals surface area contributed by atoms with Crippen LogP contribution in [0.25, 0.3) is 21.5 Å². The van der Waals surface area contributed by atoms with Crippen LogP contribution in [-0.4, -0.2) is 31.1 Å². The smallest absolute Gasteiger partial charge is 0.0352 e. The molecule has 0 bridgehead atoms. The Morgan fingerprint density at radius 1 is 0.913 bits per heavy atom. The van der Waals surface area contributed by atoms with Crippen LogP contribution >= 0.6 is 0 Å². The van der Waals surface area contributed by atoms with Gasteiger partial charge in [-0.05, 0) is 39.6 Å². The first-order valence-corrected chi connectivity index (χ1v) is 8.73. The van der Waals surface area contributed by atoms with Gasteiger partial charge >= 0.3 is 0 Å². The van der Waals surface area contributed by atoms with Gasteiger partial charge in [-0.3, -0.25) is 4.90 Å². The van der Waals surface area contributed by atoms with Crippen molar-refractivity contribution in [3.63, 3.8) is 0 Å². The number of benzene rings is 3. The van der Waals surface area contributed by atoms with E-state index in [0.29, 0.717) is 6.04 Å². The van der Waals surface area contributed by atoms with Crippen molar-refractivity contribution in [1.82, 2.24) is 10.2 Å². The van der Waals surface area contributed by atoms with Gasteiger partial charge in [0, 0.05) is 32.2 Å². The van der Waals surface area contributed by atoms with Crippen LogP contribution in [0.1, 0.15) is 24.9 Å². The van der Waals surface area contributed by atoms with Crippen LogP contribution in [0.3, 0.4) is 0 Å². The third-order valence-electron chi connectivity index (χ3n) is 5.14. The highest BCUT2D eigenvalue weighted by Gasteiger charge is 2.22. The Bertz CT molecular complexity index is 818. The molecule has 0 amide bonds. The van der Waals surface area contributed by atoms with Gasteiger partial charge in [0.1, 0.15) is 0 Å². The molecule has 3 aromatic rings. The summed E-state index contributed by atoms with van der Waals surface area (Å²) in [6.07, 6.45) is 1.16. The Balaban J connectivity index is 1.92. The highest BCUT2D eigenvalue weighted by molar-refractivity contribution is 6.09. The van der Waals surface area contributed by atoms with Crippen LogP contribution in [-0.2, 0) is 0 Å². The maximum absolute atomic E-state index is 3.47. The van der Waals surface area contributed by atoms with Crippen LogP contribution in [0.15, 0.2) is 54.6 Å². The van der Waals surface area contributed by atoms with Gasteiger partial charge < -0.3 is 5.32 Å². The summed E-state index contributed by atoms with van der Waals surface area (Å²) in [6.45, 7) is 6.79. The van der Waals surface area contributed by atoms with E-state index in [-0.39, 0.29) is 0 Å².